The number of rotatable bonds is 13. The molecule has 0 spiro atoms. The van der Waals surface area contributed by atoms with Gasteiger partial charge in [-0.25, -0.2) is 0 Å². The summed E-state index contributed by atoms with van der Waals surface area (Å²) in [6.45, 7) is 0. The number of hydrogen-bond donors (Lipinski definition) is 0. The third kappa shape index (κ3) is 6.62. The van der Waals surface area contributed by atoms with Crippen LogP contribution in [0.5, 0.6) is 34.5 Å². The van der Waals surface area contributed by atoms with Gasteiger partial charge in [0.15, 0.2) is 23.0 Å². The Morgan fingerprint density at radius 3 is 0.800 bits per heavy atom. The topological polar surface area (TPSA) is 55.4 Å². The SMILES string of the molecule is COc1cc(P(c2ccccc2)c2ccccc2)c(-c2c(P(c3ccccc3)c3ccccc3)cc(OC)c(OC)c2OC)c(OC)c1OC. The minimum Gasteiger partial charge on any atom is -0.493 e. The summed E-state index contributed by atoms with van der Waals surface area (Å²) in [6, 6.07) is 46.4. The second-order valence-corrected chi connectivity index (χ2v) is 15.5. The molecule has 0 fully saturated rings. The number of methoxy groups -OCH3 is 6. The van der Waals surface area contributed by atoms with E-state index in [0.717, 1.165) is 21.7 Å². The first-order valence-corrected chi connectivity index (χ1v) is 18.7. The second kappa shape index (κ2) is 16.1. The highest BCUT2D eigenvalue weighted by molar-refractivity contribution is 7.80. The predicted octanol–water partition coefficient (Wildman–Crippen LogP) is 6.92. The lowest BCUT2D eigenvalue weighted by Crippen LogP contribution is -2.27. The fourth-order valence-electron chi connectivity index (χ4n) is 6.29. The van der Waals surface area contributed by atoms with Gasteiger partial charge in [0.2, 0.25) is 11.5 Å². The zero-order valence-electron chi connectivity index (χ0n) is 29.0. The first-order chi connectivity index (χ1) is 24.6. The molecule has 254 valence electrons. The molecule has 6 nitrogen and oxygen atoms in total. The van der Waals surface area contributed by atoms with Crippen LogP contribution in [0.1, 0.15) is 0 Å². The summed E-state index contributed by atoms with van der Waals surface area (Å²) in [4.78, 5) is 0. The van der Waals surface area contributed by atoms with Gasteiger partial charge in [0.05, 0.1) is 42.7 Å². The Hall–Kier alpha value is -5.02. The molecule has 0 aliphatic carbocycles. The predicted molar refractivity (Wildman–Crippen MR) is 209 cm³/mol. The first-order valence-electron chi connectivity index (χ1n) is 16.1. The van der Waals surface area contributed by atoms with E-state index in [1.54, 1.807) is 42.7 Å². The lowest BCUT2D eigenvalue weighted by atomic mass is 10.0. The fraction of sp³-hybridized carbons (Fsp3) is 0.143. The van der Waals surface area contributed by atoms with Crippen molar-refractivity contribution in [2.75, 3.05) is 42.7 Å². The Labute approximate surface area is 297 Å². The molecule has 0 heterocycles. The third-order valence-corrected chi connectivity index (χ3v) is 13.3. The summed E-state index contributed by atoms with van der Waals surface area (Å²) >= 11 is 0. The van der Waals surface area contributed by atoms with E-state index in [2.05, 4.69) is 109 Å². The minimum atomic E-state index is -1.17. The monoisotopic (exact) mass is 702 g/mol. The number of hydrogen-bond acceptors (Lipinski definition) is 6. The summed E-state index contributed by atoms with van der Waals surface area (Å²) in [7, 11) is 7.57. The Bertz CT molecular complexity index is 1800. The summed E-state index contributed by atoms with van der Waals surface area (Å²) in [6.07, 6.45) is 0. The fourth-order valence-corrected chi connectivity index (χ4v) is 11.2. The van der Waals surface area contributed by atoms with Gasteiger partial charge in [-0.3, -0.25) is 0 Å². The van der Waals surface area contributed by atoms with Gasteiger partial charge in [0, 0.05) is 21.7 Å². The lowest BCUT2D eigenvalue weighted by molar-refractivity contribution is 0.323. The summed E-state index contributed by atoms with van der Waals surface area (Å²) in [5.41, 5.74) is 1.66. The van der Waals surface area contributed by atoms with E-state index in [9.17, 15) is 0 Å². The normalized spacial score (nSPS) is 11.0. The molecule has 50 heavy (non-hydrogen) atoms. The van der Waals surface area contributed by atoms with Crippen LogP contribution in [0.4, 0.5) is 0 Å². The van der Waals surface area contributed by atoms with Crippen LogP contribution in [0.2, 0.25) is 0 Å². The van der Waals surface area contributed by atoms with Crippen LogP contribution in [0.3, 0.4) is 0 Å². The van der Waals surface area contributed by atoms with Crippen molar-refractivity contribution >= 4 is 47.7 Å². The standard InChI is InChI=1S/C42H40O6P2/c1-43-33-27-35(49(29-19-11-7-12-20-29)30-21-13-8-14-22-30)37(41(47-5)39(33)45-3)38-36(28-34(44-2)40(46-4)42(38)48-6)50(31-23-15-9-16-24-31)32-25-17-10-18-26-32/h7-28H,1-6H3. The Morgan fingerprint density at radius 1 is 0.320 bits per heavy atom. The van der Waals surface area contributed by atoms with E-state index in [1.165, 1.54) is 21.2 Å². The average Bonchev–Trinajstić information content (AvgIpc) is 3.18. The van der Waals surface area contributed by atoms with E-state index >= 15 is 0 Å². The van der Waals surface area contributed by atoms with Crippen LogP contribution in [0.25, 0.3) is 11.1 Å². The molecule has 0 bridgehead atoms. The third-order valence-electron chi connectivity index (χ3n) is 8.41. The zero-order chi connectivity index (χ0) is 35.0. The maximum Gasteiger partial charge on any atom is 0.203 e. The van der Waals surface area contributed by atoms with Crippen LogP contribution in [-0.4, -0.2) is 42.7 Å². The van der Waals surface area contributed by atoms with Crippen LogP contribution in [-0.2, 0) is 0 Å². The smallest absolute Gasteiger partial charge is 0.203 e. The van der Waals surface area contributed by atoms with Crippen molar-refractivity contribution in [2.24, 2.45) is 0 Å². The molecule has 0 N–H and O–H groups in total. The molecule has 0 radical (unpaired) electrons. The van der Waals surface area contributed by atoms with E-state index in [4.69, 9.17) is 28.4 Å². The highest BCUT2D eigenvalue weighted by atomic mass is 31.1. The van der Waals surface area contributed by atoms with E-state index in [-0.39, 0.29) is 0 Å². The Morgan fingerprint density at radius 2 is 0.580 bits per heavy atom. The van der Waals surface area contributed by atoms with Gasteiger partial charge in [-0.2, -0.15) is 0 Å². The Kier molecular flexibility index (Phi) is 11.2. The minimum absolute atomic E-state index is 0.483. The molecule has 6 rings (SSSR count). The van der Waals surface area contributed by atoms with Gasteiger partial charge < -0.3 is 28.4 Å². The van der Waals surface area contributed by atoms with Crippen LogP contribution in [0.15, 0.2) is 133 Å². The van der Waals surface area contributed by atoms with Crippen molar-refractivity contribution in [3.8, 4) is 45.6 Å². The highest BCUT2D eigenvalue weighted by Gasteiger charge is 2.35. The summed E-state index contributed by atoms with van der Waals surface area (Å²) in [5, 5.41) is 6.68. The van der Waals surface area contributed by atoms with Gasteiger partial charge in [0.1, 0.15) is 0 Å². The maximum absolute atomic E-state index is 6.39. The molecule has 6 aromatic carbocycles. The second-order valence-electron chi connectivity index (χ2n) is 11.1. The van der Waals surface area contributed by atoms with Crippen LogP contribution >= 0.6 is 15.8 Å². The molecule has 0 aromatic heterocycles. The van der Waals surface area contributed by atoms with Crippen molar-refractivity contribution in [3.05, 3.63) is 133 Å². The molecular formula is C42H40O6P2. The van der Waals surface area contributed by atoms with E-state index in [1.807, 2.05) is 24.3 Å². The van der Waals surface area contributed by atoms with Crippen molar-refractivity contribution < 1.29 is 28.4 Å². The maximum atomic E-state index is 6.39. The molecule has 0 unspecified atom stereocenters. The summed E-state index contributed by atoms with van der Waals surface area (Å²) in [5.74, 6) is 3.16. The highest BCUT2D eigenvalue weighted by Crippen LogP contribution is 2.55. The lowest BCUT2D eigenvalue weighted by Gasteiger charge is -2.30. The molecule has 0 aliphatic heterocycles. The zero-order valence-corrected chi connectivity index (χ0v) is 30.8. The molecular weight excluding hydrogens is 662 g/mol. The molecule has 0 saturated heterocycles. The average molecular weight is 703 g/mol. The molecule has 0 amide bonds. The Balaban J connectivity index is 1.85. The van der Waals surface area contributed by atoms with Gasteiger partial charge in [-0.1, -0.05) is 121 Å². The van der Waals surface area contributed by atoms with Crippen molar-refractivity contribution in [1.29, 1.82) is 0 Å². The molecule has 0 saturated carbocycles. The molecule has 8 heteroatoms. The largest absolute Gasteiger partial charge is 0.493 e. The van der Waals surface area contributed by atoms with Gasteiger partial charge in [-0.15, -0.1) is 0 Å². The number of benzene rings is 6. The van der Waals surface area contributed by atoms with Gasteiger partial charge in [-0.05, 0) is 49.2 Å². The summed E-state index contributed by atoms with van der Waals surface area (Å²) < 4.78 is 37.0. The van der Waals surface area contributed by atoms with Crippen LogP contribution < -0.4 is 60.2 Å². The molecule has 0 atom stereocenters. The first kappa shape index (κ1) is 34.8. The van der Waals surface area contributed by atoms with Gasteiger partial charge in [0.25, 0.3) is 0 Å². The van der Waals surface area contributed by atoms with Crippen molar-refractivity contribution in [3.63, 3.8) is 0 Å². The molecule has 0 aliphatic rings. The van der Waals surface area contributed by atoms with E-state index in [0.29, 0.717) is 34.5 Å². The van der Waals surface area contributed by atoms with Crippen molar-refractivity contribution in [2.45, 2.75) is 0 Å². The number of ether oxygens (including phenoxy) is 6. The van der Waals surface area contributed by atoms with E-state index < -0.39 is 15.8 Å². The molecule has 6 aromatic rings. The quantitative estimate of drug-likeness (QED) is 0.122. The van der Waals surface area contributed by atoms with Gasteiger partial charge >= 0.3 is 0 Å². The van der Waals surface area contributed by atoms with Crippen molar-refractivity contribution in [1.82, 2.24) is 0 Å². The van der Waals surface area contributed by atoms with Crippen LogP contribution in [0, 0.1) is 0 Å².